The van der Waals surface area contributed by atoms with Gasteiger partial charge in [0.25, 0.3) is 0 Å². The average Bonchev–Trinajstić information content (AvgIpc) is 3.05. The van der Waals surface area contributed by atoms with E-state index >= 15 is 0 Å². The molecule has 0 unspecified atom stereocenters. The summed E-state index contributed by atoms with van der Waals surface area (Å²) in [6, 6.07) is 26.4. The minimum Gasteiger partial charge on any atom is -0.489 e. The first-order valence-corrected chi connectivity index (χ1v) is 8.73. The van der Waals surface area contributed by atoms with Crippen LogP contribution in [0.4, 0.5) is 0 Å². The molecule has 1 aromatic heterocycles. The molecule has 0 fully saturated rings. The Labute approximate surface area is 152 Å². The molecule has 4 heteroatoms. The summed E-state index contributed by atoms with van der Waals surface area (Å²) >= 11 is 0. The van der Waals surface area contributed by atoms with E-state index in [4.69, 9.17) is 9.47 Å². The Hall–Kier alpha value is -3.27. The number of para-hydroxylation sites is 2. The van der Waals surface area contributed by atoms with Gasteiger partial charge in [-0.25, -0.2) is 0 Å². The molecule has 3 aromatic carbocycles. The molecule has 130 valence electrons. The molecule has 4 rings (SSSR count). The molecule has 0 atom stereocenters. The number of hydrogen-bond donors (Lipinski definition) is 0. The van der Waals surface area contributed by atoms with Crippen LogP contribution >= 0.6 is 0 Å². The second kappa shape index (κ2) is 7.31. The summed E-state index contributed by atoms with van der Waals surface area (Å²) in [6.45, 7) is 3.43. The Balaban J connectivity index is 1.47. The van der Waals surface area contributed by atoms with E-state index in [2.05, 4.69) is 22.5 Å². The van der Waals surface area contributed by atoms with E-state index in [1.54, 1.807) is 0 Å². The van der Waals surface area contributed by atoms with Crippen molar-refractivity contribution in [3.05, 3.63) is 84.4 Å². The lowest BCUT2D eigenvalue weighted by Crippen LogP contribution is -1.98. The molecule has 0 bridgehead atoms. The summed E-state index contributed by atoms with van der Waals surface area (Å²) in [4.78, 5) is 4.59. The number of fused-ring (bicyclic) bond motifs is 1. The predicted molar refractivity (Wildman–Crippen MR) is 103 cm³/mol. The van der Waals surface area contributed by atoms with Gasteiger partial charge in [0.2, 0.25) is 0 Å². The second-order valence-corrected chi connectivity index (χ2v) is 5.98. The van der Waals surface area contributed by atoms with Crippen LogP contribution in [0.25, 0.3) is 11.0 Å². The van der Waals surface area contributed by atoms with E-state index in [-0.39, 0.29) is 0 Å². The lowest BCUT2D eigenvalue weighted by atomic mass is 10.2. The molecule has 4 aromatic rings. The number of imidazole rings is 1. The third kappa shape index (κ3) is 3.40. The first kappa shape index (κ1) is 16.2. The van der Waals surface area contributed by atoms with Gasteiger partial charge in [-0.3, -0.25) is 4.57 Å². The maximum absolute atomic E-state index is 6.00. The molecule has 0 radical (unpaired) electrons. The molecule has 0 saturated heterocycles. The number of aromatic nitrogens is 2. The highest BCUT2D eigenvalue weighted by Crippen LogP contribution is 2.27. The lowest BCUT2D eigenvalue weighted by Gasteiger charge is -2.09. The van der Waals surface area contributed by atoms with Gasteiger partial charge in [-0.15, -0.1) is 0 Å². The maximum atomic E-state index is 6.00. The Bertz CT molecular complexity index is 992. The van der Waals surface area contributed by atoms with Crippen molar-refractivity contribution in [3.63, 3.8) is 0 Å². The largest absolute Gasteiger partial charge is 0.489 e. The molecule has 0 aliphatic rings. The standard InChI is InChI=1S/C22H20N2O2/c1-2-24-21-11-7-6-10-20(21)23-22(24)26-19-14-12-18(13-15-19)25-16-17-8-4-3-5-9-17/h3-15H,2,16H2,1H3. The highest BCUT2D eigenvalue weighted by molar-refractivity contribution is 5.76. The molecular formula is C22H20N2O2. The highest BCUT2D eigenvalue weighted by Gasteiger charge is 2.11. The molecule has 0 aliphatic heterocycles. The minimum atomic E-state index is 0.548. The monoisotopic (exact) mass is 344 g/mol. The molecule has 4 nitrogen and oxygen atoms in total. The summed E-state index contributed by atoms with van der Waals surface area (Å²) in [7, 11) is 0. The van der Waals surface area contributed by atoms with E-state index in [9.17, 15) is 0 Å². The third-order valence-corrected chi connectivity index (χ3v) is 4.22. The van der Waals surface area contributed by atoms with Crippen molar-refractivity contribution in [2.24, 2.45) is 0 Å². The fourth-order valence-electron chi connectivity index (χ4n) is 2.89. The summed E-state index contributed by atoms with van der Waals surface area (Å²) in [5.41, 5.74) is 3.16. The fourth-order valence-corrected chi connectivity index (χ4v) is 2.89. The lowest BCUT2D eigenvalue weighted by molar-refractivity contribution is 0.305. The van der Waals surface area contributed by atoms with Gasteiger partial charge in [-0.1, -0.05) is 42.5 Å². The van der Waals surface area contributed by atoms with Gasteiger partial charge in [0.15, 0.2) is 0 Å². The van der Waals surface area contributed by atoms with Gasteiger partial charge in [-0.05, 0) is 48.9 Å². The topological polar surface area (TPSA) is 36.3 Å². The molecule has 0 saturated carbocycles. The number of nitrogens with zero attached hydrogens (tertiary/aromatic N) is 2. The SMILES string of the molecule is CCn1c(Oc2ccc(OCc3ccccc3)cc2)nc2ccccc21. The van der Waals surface area contributed by atoms with Crippen molar-refractivity contribution in [2.45, 2.75) is 20.1 Å². The van der Waals surface area contributed by atoms with E-state index in [0.29, 0.717) is 12.6 Å². The minimum absolute atomic E-state index is 0.548. The van der Waals surface area contributed by atoms with Crippen LogP contribution in [-0.2, 0) is 13.2 Å². The van der Waals surface area contributed by atoms with Gasteiger partial charge in [-0.2, -0.15) is 4.98 Å². The fraction of sp³-hybridized carbons (Fsp3) is 0.136. The number of hydrogen-bond acceptors (Lipinski definition) is 3. The third-order valence-electron chi connectivity index (χ3n) is 4.22. The zero-order chi connectivity index (χ0) is 17.8. The van der Waals surface area contributed by atoms with Crippen LogP contribution in [0.1, 0.15) is 12.5 Å². The first-order chi connectivity index (χ1) is 12.8. The van der Waals surface area contributed by atoms with Gasteiger partial charge in [0.05, 0.1) is 11.0 Å². The van der Waals surface area contributed by atoms with Crippen molar-refractivity contribution in [1.29, 1.82) is 0 Å². The summed E-state index contributed by atoms with van der Waals surface area (Å²) < 4.78 is 13.9. The molecule has 26 heavy (non-hydrogen) atoms. The summed E-state index contributed by atoms with van der Waals surface area (Å²) in [5.74, 6) is 1.55. The summed E-state index contributed by atoms with van der Waals surface area (Å²) in [5, 5.41) is 0. The van der Waals surface area contributed by atoms with Crippen molar-refractivity contribution < 1.29 is 9.47 Å². The average molecular weight is 344 g/mol. The van der Waals surface area contributed by atoms with Crippen molar-refractivity contribution >= 4 is 11.0 Å². The smallest absolute Gasteiger partial charge is 0.302 e. The van der Waals surface area contributed by atoms with Gasteiger partial charge in [0.1, 0.15) is 18.1 Å². The van der Waals surface area contributed by atoms with Gasteiger partial charge < -0.3 is 9.47 Å². The van der Waals surface area contributed by atoms with E-state index in [1.165, 1.54) is 0 Å². The Morgan fingerprint density at radius 2 is 1.50 bits per heavy atom. The van der Waals surface area contributed by atoms with Crippen LogP contribution < -0.4 is 9.47 Å². The van der Waals surface area contributed by atoms with Crippen molar-refractivity contribution in [2.75, 3.05) is 0 Å². The number of aryl methyl sites for hydroxylation is 1. The van der Waals surface area contributed by atoms with Crippen LogP contribution in [0, 0.1) is 0 Å². The maximum Gasteiger partial charge on any atom is 0.302 e. The van der Waals surface area contributed by atoms with E-state index in [1.807, 2.05) is 72.8 Å². The van der Waals surface area contributed by atoms with Gasteiger partial charge >= 0.3 is 6.01 Å². The van der Waals surface area contributed by atoms with Crippen LogP contribution in [-0.4, -0.2) is 9.55 Å². The zero-order valence-corrected chi connectivity index (χ0v) is 14.6. The quantitative estimate of drug-likeness (QED) is 0.468. The number of ether oxygens (including phenoxy) is 2. The van der Waals surface area contributed by atoms with Crippen LogP contribution in [0.5, 0.6) is 17.5 Å². The van der Waals surface area contributed by atoms with Crippen LogP contribution in [0.2, 0.25) is 0 Å². The van der Waals surface area contributed by atoms with Gasteiger partial charge in [0, 0.05) is 6.54 Å². The normalized spacial score (nSPS) is 10.8. The second-order valence-electron chi connectivity index (χ2n) is 5.98. The highest BCUT2D eigenvalue weighted by atomic mass is 16.5. The Kier molecular flexibility index (Phi) is 4.56. The Morgan fingerprint density at radius 3 is 2.27 bits per heavy atom. The van der Waals surface area contributed by atoms with Crippen molar-refractivity contribution in [3.8, 4) is 17.5 Å². The predicted octanol–water partition coefficient (Wildman–Crippen LogP) is 5.43. The Morgan fingerprint density at radius 1 is 0.808 bits per heavy atom. The molecule has 0 aliphatic carbocycles. The van der Waals surface area contributed by atoms with Crippen molar-refractivity contribution in [1.82, 2.24) is 9.55 Å². The first-order valence-electron chi connectivity index (χ1n) is 8.73. The number of rotatable bonds is 6. The molecule has 0 amide bonds. The molecule has 1 heterocycles. The number of benzene rings is 3. The molecule has 0 N–H and O–H groups in total. The molecule has 0 spiro atoms. The summed E-state index contributed by atoms with van der Waals surface area (Å²) in [6.07, 6.45) is 0. The zero-order valence-electron chi connectivity index (χ0n) is 14.6. The van der Waals surface area contributed by atoms with Crippen LogP contribution in [0.15, 0.2) is 78.9 Å². The van der Waals surface area contributed by atoms with E-state index < -0.39 is 0 Å². The van der Waals surface area contributed by atoms with E-state index in [0.717, 1.165) is 34.6 Å². The van der Waals surface area contributed by atoms with Crippen LogP contribution in [0.3, 0.4) is 0 Å². The molecular weight excluding hydrogens is 324 g/mol.